The molecule has 2 aliphatic heterocycles. The SMILES string of the molecule is c1ccc(C2=NC(n3c4ccccc4c4cc5c(cc43)-c3ccccc3-n3c4ccccc4c4cccc-5c43)Nc3ccccc32)cc1. The molecule has 1 atom stereocenters. The zero-order chi connectivity index (χ0) is 31.3. The van der Waals surface area contributed by atoms with E-state index in [9.17, 15) is 0 Å². The number of para-hydroxylation sites is 5. The third kappa shape index (κ3) is 3.41. The molecule has 0 fully saturated rings. The molecule has 0 radical (unpaired) electrons. The van der Waals surface area contributed by atoms with Crippen LogP contribution in [0.25, 0.3) is 71.6 Å². The minimum absolute atomic E-state index is 0.335. The van der Waals surface area contributed by atoms with Crippen molar-refractivity contribution < 1.29 is 0 Å². The second-order valence-electron chi connectivity index (χ2n) is 12.8. The Morgan fingerprint density at radius 1 is 0.458 bits per heavy atom. The first-order chi connectivity index (χ1) is 23.8. The van der Waals surface area contributed by atoms with Gasteiger partial charge in [0.25, 0.3) is 0 Å². The molecule has 4 heterocycles. The molecule has 2 aliphatic rings. The molecule has 9 aromatic rings. The van der Waals surface area contributed by atoms with Crippen LogP contribution in [0.2, 0.25) is 0 Å². The number of aromatic nitrogens is 2. The largest absolute Gasteiger partial charge is 0.346 e. The highest BCUT2D eigenvalue weighted by atomic mass is 15.3. The third-order valence-electron chi connectivity index (χ3n) is 10.3. The van der Waals surface area contributed by atoms with Crippen LogP contribution in [-0.2, 0) is 0 Å². The van der Waals surface area contributed by atoms with Crippen molar-refractivity contribution in [3.8, 4) is 27.9 Å². The molecule has 11 rings (SSSR count). The smallest absolute Gasteiger partial charge is 0.201 e. The summed E-state index contributed by atoms with van der Waals surface area (Å²) in [6.45, 7) is 0. The molecule has 0 bridgehead atoms. The van der Waals surface area contributed by atoms with Gasteiger partial charge in [-0.2, -0.15) is 0 Å². The lowest BCUT2D eigenvalue weighted by atomic mass is 9.92. The van der Waals surface area contributed by atoms with Crippen LogP contribution in [0.3, 0.4) is 0 Å². The Labute approximate surface area is 276 Å². The van der Waals surface area contributed by atoms with Gasteiger partial charge in [0.05, 0.1) is 33.5 Å². The molecule has 4 heteroatoms. The molecule has 7 aromatic carbocycles. The van der Waals surface area contributed by atoms with E-state index in [2.05, 4.69) is 172 Å². The molecule has 1 N–H and O–H groups in total. The minimum atomic E-state index is -0.335. The van der Waals surface area contributed by atoms with Crippen molar-refractivity contribution in [3.63, 3.8) is 0 Å². The van der Waals surface area contributed by atoms with Gasteiger partial charge in [-0.05, 0) is 47.5 Å². The molecular weight excluding hydrogens is 585 g/mol. The van der Waals surface area contributed by atoms with Crippen molar-refractivity contribution in [3.05, 3.63) is 169 Å². The van der Waals surface area contributed by atoms with Crippen molar-refractivity contribution in [1.82, 2.24) is 9.13 Å². The van der Waals surface area contributed by atoms with Crippen LogP contribution in [-0.4, -0.2) is 14.8 Å². The quantitative estimate of drug-likeness (QED) is 0.207. The average molecular weight is 613 g/mol. The predicted octanol–water partition coefficient (Wildman–Crippen LogP) is 11.0. The fraction of sp³-hybridized carbons (Fsp3) is 0.0227. The van der Waals surface area contributed by atoms with Gasteiger partial charge in [0.2, 0.25) is 6.29 Å². The zero-order valence-electron chi connectivity index (χ0n) is 25.9. The number of hydrogen-bond acceptors (Lipinski definition) is 2. The fourth-order valence-electron chi connectivity index (χ4n) is 8.26. The van der Waals surface area contributed by atoms with Gasteiger partial charge >= 0.3 is 0 Å². The van der Waals surface area contributed by atoms with Gasteiger partial charge in [0, 0.05) is 49.5 Å². The van der Waals surface area contributed by atoms with Gasteiger partial charge in [0.15, 0.2) is 0 Å². The first kappa shape index (κ1) is 25.8. The van der Waals surface area contributed by atoms with E-state index in [1.165, 1.54) is 60.5 Å². The van der Waals surface area contributed by atoms with Crippen LogP contribution in [0.4, 0.5) is 5.69 Å². The van der Waals surface area contributed by atoms with Crippen molar-refractivity contribution >= 4 is 55.0 Å². The van der Waals surface area contributed by atoms with E-state index in [4.69, 9.17) is 4.99 Å². The summed E-state index contributed by atoms with van der Waals surface area (Å²) in [5.41, 5.74) is 15.3. The summed E-state index contributed by atoms with van der Waals surface area (Å²) in [4.78, 5) is 5.47. The molecule has 224 valence electrons. The number of anilines is 1. The monoisotopic (exact) mass is 612 g/mol. The Morgan fingerprint density at radius 3 is 1.98 bits per heavy atom. The molecular formula is C44H28N4. The lowest BCUT2D eigenvalue weighted by Crippen LogP contribution is -2.24. The first-order valence-corrected chi connectivity index (χ1v) is 16.5. The number of hydrogen-bond donors (Lipinski definition) is 1. The fourth-order valence-corrected chi connectivity index (χ4v) is 8.26. The highest BCUT2D eigenvalue weighted by Crippen LogP contribution is 2.49. The van der Waals surface area contributed by atoms with Crippen LogP contribution in [0, 0.1) is 0 Å². The maximum absolute atomic E-state index is 5.47. The third-order valence-corrected chi connectivity index (χ3v) is 10.3. The van der Waals surface area contributed by atoms with E-state index in [1.807, 2.05) is 0 Å². The second-order valence-corrected chi connectivity index (χ2v) is 12.8. The maximum Gasteiger partial charge on any atom is 0.201 e. The van der Waals surface area contributed by atoms with Gasteiger partial charge in [-0.15, -0.1) is 0 Å². The van der Waals surface area contributed by atoms with Crippen molar-refractivity contribution in [2.45, 2.75) is 6.29 Å². The average Bonchev–Trinajstić information content (AvgIpc) is 3.63. The highest BCUT2D eigenvalue weighted by Gasteiger charge is 2.29. The first-order valence-electron chi connectivity index (χ1n) is 16.5. The van der Waals surface area contributed by atoms with Crippen LogP contribution in [0.1, 0.15) is 17.4 Å². The summed E-state index contributed by atoms with van der Waals surface area (Å²) in [5, 5.41) is 8.81. The Balaban J connectivity index is 1.25. The molecule has 0 amide bonds. The minimum Gasteiger partial charge on any atom is -0.346 e. The lowest BCUT2D eigenvalue weighted by molar-refractivity contribution is 0.624. The Morgan fingerprint density at radius 2 is 1.10 bits per heavy atom. The van der Waals surface area contributed by atoms with Crippen LogP contribution >= 0.6 is 0 Å². The summed E-state index contributed by atoms with van der Waals surface area (Å²) < 4.78 is 4.87. The summed E-state index contributed by atoms with van der Waals surface area (Å²) >= 11 is 0. The van der Waals surface area contributed by atoms with E-state index in [-0.39, 0.29) is 6.29 Å². The van der Waals surface area contributed by atoms with Gasteiger partial charge in [0.1, 0.15) is 0 Å². The predicted molar refractivity (Wildman–Crippen MR) is 199 cm³/mol. The Bertz CT molecular complexity index is 2820. The molecule has 0 saturated carbocycles. The maximum atomic E-state index is 5.47. The summed E-state index contributed by atoms with van der Waals surface area (Å²) in [5.74, 6) is 0. The van der Waals surface area contributed by atoms with Crippen molar-refractivity contribution in [2.24, 2.45) is 4.99 Å². The van der Waals surface area contributed by atoms with Gasteiger partial charge in [-0.3, -0.25) is 0 Å². The van der Waals surface area contributed by atoms with E-state index in [0.29, 0.717) is 0 Å². The van der Waals surface area contributed by atoms with Crippen LogP contribution in [0.15, 0.2) is 163 Å². The number of nitrogens with zero attached hydrogens (tertiary/aromatic N) is 3. The second kappa shape index (κ2) is 9.57. The van der Waals surface area contributed by atoms with Crippen LogP contribution in [0.5, 0.6) is 0 Å². The molecule has 48 heavy (non-hydrogen) atoms. The molecule has 0 aliphatic carbocycles. The standard InChI is InChI=1S/C44H28N4/c1-2-13-27(14-3-1)42-33-18-4-8-21-37(33)45-44(46-42)48-40-24-11-7-17-30(40)36-25-34-32-20-12-19-31-28-15-5-9-22-38(28)47(43(31)32)39-23-10-6-16-29(39)35(34)26-41(36)48/h1-26,44-45H. The number of nitrogens with one attached hydrogen (secondary N) is 1. The van der Waals surface area contributed by atoms with E-state index < -0.39 is 0 Å². The lowest BCUT2D eigenvalue weighted by Gasteiger charge is -2.28. The Kier molecular flexibility index (Phi) is 5.13. The van der Waals surface area contributed by atoms with Crippen molar-refractivity contribution in [1.29, 1.82) is 0 Å². The number of rotatable bonds is 2. The highest BCUT2D eigenvalue weighted by molar-refractivity contribution is 6.20. The normalized spacial score (nSPS) is 14.8. The molecule has 0 saturated heterocycles. The number of aliphatic imine (C=N–C) groups is 1. The molecule has 4 nitrogen and oxygen atoms in total. The van der Waals surface area contributed by atoms with E-state index in [0.717, 1.165) is 33.6 Å². The summed E-state index contributed by atoms with van der Waals surface area (Å²) in [6, 6.07) is 57.1. The van der Waals surface area contributed by atoms with Gasteiger partial charge in [-0.1, -0.05) is 121 Å². The molecule has 1 unspecified atom stereocenters. The Hall–Kier alpha value is -6.39. The van der Waals surface area contributed by atoms with E-state index >= 15 is 0 Å². The number of benzene rings is 7. The molecule has 0 spiro atoms. The van der Waals surface area contributed by atoms with E-state index in [1.54, 1.807) is 0 Å². The zero-order valence-corrected chi connectivity index (χ0v) is 25.9. The van der Waals surface area contributed by atoms with Crippen molar-refractivity contribution in [2.75, 3.05) is 5.32 Å². The van der Waals surface area contributed by atoms with Gasteiger partial charge in [-0.25, -0.2) is 4.99 Å². The molecule has 2 aromatic heterocycles. The summed E-state index contributed by atoms with van der Waals surface area (Å²) in [7, 11) is 0. The number of fused-ring (bicyclic) bond motifs is 12. The van der Waals surface area contributed by atoms with Crippen LogP contribution < -0.4 is 5.32 Å². The topological polar surface area (TPSA) is 34.2 Å². The summed E-state index contributed by atoms with van der Waals surface area (Å²) in [6.07, 6.45) is -0.335. The van der Waals surface area contributed by atoms with Gasteiger partial charge < -0.3 is 14.5 Å².